The van der Waals surface area contributed by atoms with E-state index in [0.717, 1.165) is 17.7 Å². The lowest BCUT2D eigenvalue weighted by Crippen LogP contribution is -2.33. The maximum Gasteiger partial charge on any atom is 0.176 e. The predicted octanol–water partition coefficient (Wildman–Crippen LogP) is 2.23. The molecule has 2 aromatic rings. The number of nitrogens with zero attached hydrogens (tertiary/aromatic N) is 2. The molecule has 0 amide bonds. The Morgan fingerprint density at radius 2 is 2.33 bits per heavy atom. The molecule has 1 aliphatic rings. The van der Waals surface area contributed by atoms with Crippen LogP contribution in [0.4, 0.5) is 0 Å². The van der Waals surface area contributed by atoms with Crippen LogP contribution in [0.25, 0.3) is 0 Å². The Hall–Kier alpha value is -1.18. The van der Waals surface area contributed by atoms with Crippen LogP contribution in [0.5, 0.6) is 0 Å². The molecular weight excluding hydrogens is 306 g/mol. The Labute approximate surface area is 128 Å². The molecular formula is C14H19N3O2S2. The van der Waals surface area contributed by atoms with E-state index in [-0.39, 0.29) is 0 Å². The third-order valence-corrected chi connectivity index (χ3v) is 6.20. The summed E-state index contributed by atoms with van der Waals surface area (Å²) < 4.78 is 25.5. The fourth-order valence-corrected chi connectivity index (χ4v) is 5.19. The zero-order chi connectivity index (χ0) is 14.9. The van der Waals surface area contributed by atoms with Crippen molar-refractivity contribution in [2.75, 3.05) is 6.26 Å². The summed E-state index contributed by atoms with van der Waals surface area (Å²) in [6.45, 7) is 0.600. The van der Waals surface area contributed by atoms with Gasteiger partial charge in [-0.3, -0.25) is 4.68 Å². The van der Waals surface area contributed by atoms with E-state index in [0.29, 0.717) is 23.5 Å². The van der Waals surface area contributed by atoms with E-state index in [2.05, 4.69) is 10.4 Å². The van der Waals surface area contributed by atoms with Crippen LogP contribution in [0.2, 0.25) is 0 Å². The monoisotopic (exact) mass is 325 g/mol. The van der Waals surface area contributed by atoms with E-state index in [9.17, 15) is 8.42 Å². The molecule has 1 aliphatic carbocycles. The van der Waals surface area contributed by atoms with Gasteiger partial charge in [0.25, 0.3) is 0 Å². The number of aromatic nitrogens is 2. The lowest BCUT2D eigenvalue weighted by atomic mass is 10.2. The van der Waals surface area contributed by atoms with E-state index in [4.69, 9.17) is 0 Å². The zero-order valence-corrected chi connectivity index (χ0v) is 13.5. The van der Waals surface area contributed by atoms with Gasteiger partial charge in [-0.1, -0.05) is 0 Å². The fourth-order valence-electron chi connectivity index (χ4n) is 2.98. The van der Waals surface area contributed by atoms with Crippen molar-refractivity contribution in [1.29, 1.82) is 0 Å². The van der Waals surface area contributed by atoms with Gasteiger partial charge in [0.15, 0.2) is 9.84 Å². The van der Waals surface area contributed by atoms with Crippen molar-refractivity contribution < 1.29 is 8.42 Å². The SMILES string of the molecule is CS(=O)(=O)c1ccsc1CN[C@@H]1CCC[C@@H]1n1cccn1. The van der Waals surface area contributed by atoms with Crippen molar-refractivity contribution >= 4 is 21.2 Å². The number of nitrogens with one attached hydrogen (secondary N) is 1. The summed E-state index contributed by atoms with van der Waals surface area (Å²) in [6.07, 6.45) is 8.45. The average Bonchev–Trinajstić information content (AvgIpc) is 3.16. The summed E-state index contributed by atoms with van der Waals surface area (Å²) in [4.78, 5) is 1.34. The van der Waals surface area contributed by atoms with Gasteiger partial charge in [0.1, 0.15) is 0 Å². The molecule has 3 rings (SSSR count). The van der Waals surface area contributed by atoms with Gasteiger partial charge in [-0.25, -0.2) is 8.42 Å². The molecule has 1 N–H and O–H groups in total. The summed E-state index contributed by atoms with van der Waals surface area (Å²) in [5, 5.41) is 9.69. The van der Waals surface area contributed by atoms with Gasteiger partial charge in [0, 0.05) is 36.1 Å². The van der Waals surface area contributed by atoms with Crippen LogP contribution >= 0.6 is 11.3 Å². The van der Waals surface area contributed by atoms with Gasteiger partial charge in [-0.05, 0) is 36.8 Å². The second-order valence-corrected chi connectivity index (χ2v) is 8.44. The highest BCUT2D eigenvalue weighted by Gasteiger charge is 2.29. The second kappa shape index (κ2) is 5.90. The van der Waals surface area contributed by atoms with Crippen molar-refractivity contribution in [1.82, 2.24) is 15.1 Å². The van der Waals surface area contributed by atoms with Gasteiger partial charge in [0.05, 0.1) is 10.9 Å². The molecule has 114 valence electrons. The van der Waals surface area contributed by atoms with Gasteiger partial charge in [-0.15, -0.1) is 11.3 Å². The molecule has 1 saturated carbocycles. The van der Waals surface area contributed by atoms with Crippen LogP contribution in [0.3, 0.4) is 0 Å². The standard InChI is InChI=1S/C14H19N3O2S2/c1-21(18,19)14-6-9-20-13(14)10-15-11-4-2-5-12(11)17-8-3-7-16-17/h3,6-9,11-12,15H,2,4-5,10H2,1H3/t11-,12+/m1/s1. The molecule has 1 fully saturated rings. The normalized spacial score (nSPS) is 22.7. The number of hydrogen-bond donors (Lipinski definition) is 1. The predicted molar refractivity (Wildman–Crippen MR) is 83.2 cm³/mol. The maximum atomic E-state index is 11.7. The first-order chi connectivity index (χ1) is 10.1. The van der Waals surface area contributed by atoms with Crippen LogP contribution in [-0.4, -0.2) is 30.5 Å². The molecule has 2 aromatic heterocycles. The Morgan fingerprint density at radius 1 is 1.48 bits per heavy atom. The maximum absolute atomic E-state index is 11.7. The van der Waals surface area contributed by atoms with Crippen molar-refractivity contribution in [2.24, 2.45) is 0 Å². The first kappa shape index (κ1) is 14.7. The van der Waals surface area contributed by atoms with Gasteiger partial charge in [-0.2, -0.15) is 5.10 Å². The van der Waals surface area contributed by atoms with Crippen molar-refractivity contribution in [3.63, 3.8) is 0 Å². The van der Waals surface area contributed by atoms with Gasteiger partial charge < -0.3 is 5.32 Å². The zero-order valence-electron chi connectivity index (χ0n) is 11.9. The Balaban J connectivity index is 1.69. The summed E-state index contributed by atoms with van der Waals surface area (Å²) in [6, 6.07) is 4.34. The van der Waals surface area contributed by atoms with E-state index in [1.54, 1.807) is 12.3 Å². The molecule has 2 heterocycles. The van der Waals surface area contributed by atoms with E-state index in [1.807, 2.05) is 22.3 Å². The van der Waals surface area contributed by atoms with Gasteiger partial charge in [0.2, 0.25) is 0 Å². The number of sulfone groups is 1. The number of hydrogen-bond acceptors (Lipinski definition) is 5. The minimum atomic E-state index is -3.14. The third kappa shape index (κ3) is 3.20. The molecule has 0 unspecified atom stereocenters. The Kier molecular flexibility index (Phi) is 4.14. The largest absolute Gasteiger partial charge is 0.307 e. The summed E-state index contributed by atoms with van der Waals surface area (Å²) in [5.74, 6) is 0. The van der Waals surface area contributed by atoms with Crippen molar-refractivity contribution in [2.45, 2.75) is 42.8 Å². The first-order valence-corrected chi connectivity index (χ1v) is 9.82. The molecule has 5 nitrogen and oxygen atoms in total. The van der Waals surface area contributed by atoms with Gasteiger partial charge >= 0.3 is 0 Å². The number of rotatable bonds is 5. The summed E-state index contributed by atoms with van der Waals surface area (Å²) >= 11 is 1.49. The van der Waals surface area contributed by atoms with Crippen LogP contribution < -0.4 is 5.32 Å². The highest BCUT2D eigenvalue weighted by Crippen LogP contribution is 2.30. The molecule has 0 radical (unpaired) electrons. The van der Waals surface area contributed by atoms with Crippen LogP contribution in [0.15, 0.2) is 34.8 Å². The lowest BCUT2D eigenvalue weighted by Gasteiger charge is -2.21. The Morgan fingerprint density at radius 3 is 3.05 bits per heavy atom. The van der Waals surface area contributed by atoms with Crippen molar-refractivity contribution in [3.05, 3.63) is 34.8 Å². The molecule has 0 aliphatic heterocycles. The third-order valence-electron chi connectivity index (χ3n) is 3.97. The average molecular weight is 325 g/mol. The summed E-state index contributed by atoms with van der Waals surface area (Å²) in [5.41, 5.74) is 0. The smallest absolute Gasteiger partial charge is 0.176 e. The van der Waals surface area contributed by atoms with Crippen LogP contribution in [0.1, 0.15) is 30.2 Å². The molecule has 2 atom stereocenters. The van der Waals surface area contributed by atoms with Crippen LogP contribution in [0, 0.1) is 0 Å². The van der Waals surface area contributed by atoms with E-state index < -0.39 is 9.84 Å². The summed E-state index contributed by atoms with van der Waals surface area (Å²) in [7, 11) is -3.14. The second-order valence-electron chi connectivity index (χ2n) is 5.45. The molecule has 0 aromatic carbocycles. The quantitative estimate of drug-likeness (QED) is 0.915. The lowest BCUT2D eigenvalue weighted by molar-refractivity contribution is 0.365. The van der Waals surface area contributed by atoms with E-state index in [1.165, 1.54) is 24.0 Å². The topological polar surface area (TPSA) is 64.0 Å². The van der Waals surface area contributed by atoms with Crippen molar-refractivity contribution in [3.8, 4) is 0 Å². The molecule has 21 heavy (non-hydrogen) atoms. The van der Waals surface area contributed by atoms with Crippen LogP contribution in [-0.2, 0) is 16.4 Å². The Bertz CT molecular complexity index is 692. The highest BCUT2D eigenvalue weighted by atomic mass is 32.2. The van der Waals surface area contributed by atoms with E-state index >= 15 is 0 Å². The fraction of sp³-hybridized carbons (Fsp3) is 0.500. The highest BCUT2D eigenvalue weighted by molar-refractivity contribution is 7.90. The number of thiophene rings is 1. The first-order valence-electron chi connectivity index (χ1n) is 7.04. The molecule has 7 heteroatoms. The molecule has 0 bridgehead atoms. The minimum Gasteiger partial charge on any atom is -0.307 e. The molecule has 0 spiro atoms. The minimum absolute atomic E-state index is 0.347. The molecule has 0 saturated heterocycles.